The van der Waals surface area contributed by atoms with Crippen LogP contribution >= 0.6 is 11.6 Å². The fourth-order valence-corrected chi connectivity index (χ4v) is 2.82. The Hall–Kier alpha value is -2.12. The van der Waals surface area contributed by atoms with Crippen molar-refractivity contribution in [3.05, 3.63) is 28.8 Å². The third-order valence-corrected chi connectivity index (χ3v) is 4.45. The van der Waals surface area contributed by atoms with Crippen molar-refractivity contribution in [3.63, 3.8) is 0 Å². The van der Waals surface area contributed by atoms with Crippen molar-refractivity contribution in [2.24, 2.45) is 0 Å². The van der Waals surface area contributed by atoms with Crippen LogP contribution in [0.2, 0.25) is 5.02 Å². The molecule has 0 unspecified atom stereocenters. The first-order valence-electron chi connectivity index (χ1n) is 7.86. The number of carbonyl (C=O) groups is 2. The highest BCUT2D eigenvalue weighted by Crippen LogP contribution is 2.20. The number of carbonyl (C=O) groups excluding carboxylic acids is 2. The van der Waals surface area contributed by atoms with Gasteiger partial charge in [-0.3, -0.25) is 19.5 Å². The quantitative estimate of drug-likeness (QED) is 0.676. The molecule has 24 heavy (non-hydrogen) atoms. The van der Waals surface area contributed by atoms with Gasteiger partial charge in [-0.15, -0.1) is 0 Å². The Balaban J connectivity index is 1.71. The number of ether oxygens (including phenoxy) is 1. The second kappa shape index (κ2) is 7.19. The van der Waals surface area contributed by atoms with Gasteiger partial charge in [0, 0.05) is 10.7 Å². The third-order valence-electron chi connectivity index (χ3n) is 4.04. The molecule has 0 spiro atoms. The molecule has 2 fully saturated rings. The molecule has 1 atom stereocenters. The molecule has 1 aromatic rings. The maximum Gasteiger partial charge on any atom is 0.353 e. The molecule has 3 N–H and O–H groups in total. The van der Waals surface area contributed by atoms with Crippen LogP contribution in [0.1, 0.15) is 12.0 Å². The highest BCUT2D eigenvalue weighted by molar-refractivity contribution is 6.31. The van der Waals surface area contributed by atoms with E-state index < -0.39 is 6.04 Å². The lowest BCUT2D eigenvalue weighted by Crippen LogP contribution is -2.61. The van der Waals surface area contributed by atoms with Gasteiger partial charge in [0.2, 0.25) is 0 Å². The predicted molar refractivity (Wildman–Crippen MR) is 90.3 cm³/mol. The number of halogens is 1. The van der Waals surface area contributed by atoms with Crippen molar-refractivity contribution in [2.45, 2.75) is 19.4 Å². The zero-order valence-corrected chi connectivity index (χ0v) is 14.2. The van der Waals surface area contributed by atoms with Crippen molar-refractivity contribution in [1.82, 2.24) is 10.6 Å². The molecule has 128 valence electrons. The Kier molecular flexibility index (Phi) is 5.01. The third kappa shape index (κ3) is 3.85. The number of morpholine rings is 1. The molecule has 2 amide bonds. The number of aryl methyl sites for hydroxylation is 1. The lowest BCUT2D eigenvalue weighted by atomic mass is 10.1. The van der Waals surface area contributed by atoms with Crippen LogP contribution in [0.4, 0.5) is 5.69 Å². The lowest BCUT2D eigenvalue weighted by molar-refractivity contribution is -0.552. The van der Waals surface area contributed by atoms with E-state index in [4.69, 9.17) is 16.3 Å². The maximum atomic E-state index is 12.5. The van der Waals surface area contributed by atoms with Crippen molar-refractivity contribution < 1.29 is 18.9 Å². The summed E-state index contributed by atoms with van der Waals surface area (Å²) in [5, 5.41) is 9.28. The van der Waals surface area contributed by atoms with E-state index in [0.29, 0.717) is 43.0 Å². The molecule has 2 aliphatic rings. The van der Waals surface area contributed by atoms with Gasteiger partial charge < -0.3 is 10.1 Å². The first-order valence-corrected chi connectivity index (χ1v) is 8.24. The van der Waals surface area contributed by atoms with E-state index >= 15 is 0 Å². The molecular weight excluding hydrogens is 332 g/mol. The number of rotatable bonds is 2. The second-order valence-corrected chi connectivity index (χ2v) is 6.26. The summed E-state index contributed by atoms with van der Waals surface area (Å²) in [5.74, 6) is 0.115. The van der Waals surface area contributed by atoms with E-state index in [1.807, 2.05) is 17.6 Å². The van der Waals surface area contributed by atoms with E-state index in [1.165, 1.54) is 0 Å². The summed E-state index contributed by atoms with van der Waals surface area (Å²) in [6, 6.07) is 4.69. The highest BCUT2D eigenvalue weighted by Gasteiger charge is 2.35. The minimum absolute atomic E-state index is 0.0826. The van der Waals surface area contributed by atoms with Crippen molar-refractivity contribution in [1.29, 1.82) is 0 Å². The van der Waals surface area contributed by atoms with E-state index in [1.54, 1.807) is 12.1 Å². The van der Waals surface area contributed by atoms with Crippen LogP contribution in [-0.4, -0.2) is 54.7 Å². The summed E-state index contributed by atoms with van der Waals surface area (Å²) in [5.41, 5.74) is 1.55. The van der Waals surface area contributed by atoms with Gasteiger partial charge >= 0.3 is 5.96 Å². The summed E-state index contributed by atoms with van der Waals surface area (Å²) < 4.78 is 7.28. The van der Waals surface area contributed by atoms with Crippen LogP contribution in [0.5, 0.6) is 0 Å². The summed E-state index contributed by atoms with van der Waals surface area (Å²) in [7, 11) is 0. The van der Waals surface area contributed by atoms with Gasteiger partial charge in [0.05, 0.1) is 32.7 Å². The number of hydrogen-bond acceptors (Lipinski definition) is 3. The number of guanidine groups is 1. The first kappa shape index (κ1) is 16.7. The molecule has 0 saturated carbocycles. The fraction of sp³-hybridized carbons (Fsp3) is 0.438. The Labute approximate surface area is 145 Å². The zero-order chi connectivity index (χ0) is 17.1. The number of nitrogens with one attached hydrogen (secondary N) is 3. The van der Waals surface area contributed by atoms with Gasteiger partial charge in [-0.05, 0) is 24.6 Å². The Bertz CT molecular complexity index is 697. The Morgan fingerprint density at radius 1 is 1.38 bits per heavy atom. The van der Waals surface area contributed by atoms with Crippen LogP contribution in [-0.2, 0) is 14.3 Å². The SMILES string of the molecule is Cc1ccc(NC(=O)[C@H]2CC(=O)NC(=[N+]3CCOCC3)N2)cc1Cl. The van der Waals surface area contributed by atoms with E-state index in [2.05, 4.69) is 16.0 Å². The van der Waals surface area contributed by atoms with Crippen molar-refractivity contribution >= 4 is 35.1 Å². The molecule has 8 heteroatoms. The van der Waals surface area contributed by atoms with E-state index in [0.717, 1.165) is 5.56 Å². The monoisotopic (exact) mass is 351 g/mol. The summed E-state index contributed by atoms with van der Waals surface area (Å²) in [6.07, 6.45) is 0.0826. The van der Waals surface area contributed by atoms with Gasteiger partial charge in [0.1, 0.15) is 0 Å². The average Bonchev–Trinajstić information content (AvgIpc) is 2.58. The predicted octanol–water partition coefficient (Wildman–Crippen LogP) is 0.464. The standard InChI is InChI=1S/C16H19ClN4O3/c1-10-2-3-11(8-12(10)17)18-15(23)13-9-14(22)20-16(19-13)21-4-6-24-7-5-21/h2-3,8,13H,4-7,9H2,1H3,(H2,18,19,20,22,23)/p+1/t13-/m1/s1. The van der Waals surface area contributed by atoms with Crippen LogP contribution in [0.15, 0.2) is 18.2 Å². The number of amides is 2. The van der Waals surface area contributed by atoms with Crippen molar-refractivity contribution in [2.75, 3.05) is 31.6 Å². The van der Waals surface area contributed by atoms with E-state index in [-0.39, 0.29) is 18.2 Å². The highest BCUT2D eigenvalue weighted by atomic mass is 35.5. The van der Waals surface area contributed by atoms with Crippen LogP contribution < -0.4 is 16.0 Å². The molecule has 7 nitrogen and oxygen atoms in total. The van der Waals surface area contributed by atoms with Gasteiger partial charge in [-0.25, -0.2) is 5.32 Å². The lowest BCUT2D eigenvalue weighted by Gasteiger charge is -2.24. The minimum Gasteiger partial charge on any atom is -0.375 e. The minimum atomic E-state index is -0.628. The van der Waals surface area contributed by atoms with Gasteiger partial charge in [-0.1, -0.05) is 17.7 Å². The summed E-state index contributed by atoms with van der Waals surface area (Å²) in [4.78, 5) is 24.4. The zero-order valence-electron chi connectivity index (χ0n) is 13.4. The number of hydrogen-bond donors (Lipinski definition) is 3. The topological polar surface area (TPSA) is 82.5 Å². The normalized spacial score (nSPS) is 21.1. The van der Waals surface area contributed by atoms with Gasteiger partial charge in [-0.2, -0.15) is 0 Å². The molecule has 3 rings (SSSR count). The van der Waals surface area contributed by atoms with Gasteiger partial charge in [0.25, 0.3) is 11.8 Å². The number of anilines is 1. The average molecular weight is 352 g/mol. The molecule has 0 bridgehead atoms. The van der Waals surface area contributed by atoms with Gasteiger partial charge in [0.15, 0.2) is 6.04 Å². The fourth-order valence-electron chi connectivity index (χ4n) is 2.64. The first-order chi connectivity index (χ1) is 11.5. The number of benzene rings is 1. The molecule has 0 aliphatic carbocycles. The maximum absolute atomic E-state index is 12.5. The second-order valence-electron chi connectivity index (χ2n) is 5.85. The van der Waals surface area contributed by atoms with Crippen molar-refractivity contribution in [3.8, 4) is 0 Å². The molecular formula is C16H20ClN4O3+. The Morgan fingerprint density at radius 3 is 2.83 bits per heavy atom. The van der Waals surface area contributed by atoms with E-state index in [9.17, 15) is 9.59 Å². The molecule has 0 aromatic heterocycles. The number of nitrogens with zero attached hydrogens (tertiary/aromatic N) is 1. The summed E-state index contributed by atoms with van der Waals surface area (Å²) in [6.45, 7) is 4.43. The Morgan fingerprint density at radius 2 is 2.12 bits per heavy atom. The van der Waals surface area contributed by atoms with Crippen LogP contribution in [0.3, 0.4) is 0 Å². The van der Waals surface area contributed by atoms with Crippen LogP contribution in [0.25, 0.3) is 0 Å². The smallest absolute Gasteiger partial charge is 0.353 e. The molecule has 0 radical (unpaired) electrons. The summed E-state index contributed by atoms with van der Waals surface area (Å²) >= 11 is 6.08. The molecule has 1 aromatic carbocycles. The van der Waals surface area contributed by atoms with Crippen LogP contribution in [0, 0.1) is 6.92 Å². The largest absolute Gasteiger partial charge is 0.375 e. The molecule has 2 saturated heterocycles. The molecule has 2 heterocycles. The molecule has 2 aliphatic heterocycles.